The molecule has 3 rings (SSSR count). The van der Waals surface area contributed by atoms with E-state index in [0.717, 1.165) is 5.56 Å². The van der Waals surface area contributed by atoms with Gasteiger partial charge in [-0.05, 0) is 29.8 Å². The van der Waals surface area contributed by atoms with Gasteiger partial charge in [0.05, 0.1) is 29.4 Å². The average Bonchev–Trinajstić information content (AvgIpc) is 2.75. The summed E-state index contributed by atoms with van der Waals surface area (Å²) < 4.78 is 33.1. The van der Waals surface area contributed by atoms with Gasteiger partial charge >= 0.3 is 0 Å². The van der Waals surface area contributed by atoms with Crippen LogP contribution in [0, 0.1) is 0 Å². The first-order chi connectivity index (χ1) is 14.1. The summed E-state index contributed by atoms with van der Waals surface area (Å²) in [6.07, 6.45) is 0. The van der Waals surface area contributed by atoms with Crippen LogP contribution in [0.25, 0.3) is 0 Å². The highest BCUT2D eigenvalue weighted by molar-refractivity contribution is 7.92. The number of hydrogen-bond acceptors (Lipinski definition) is 4. The molecule has 150 valence electrons. The van der Waals surface area contributed by atoms with Crippen LogP contribution in [0.1, 0.15) is 15.9 Å². The van der Waals surface area contributed by atoms with E-state index in [1.807, 2.05) is 30.3 Å². The Kier molecular flexibility index (Phi) is 6.99. The molecule has 6 nitrogen and oxygen atoms in total. The minimum absolute atomic E-state index is 0.129. The Morgan fingerprint density at radius 2 is 1.45 bits per heavy atom. The van der Waals surface area contributed by atoms with Gasteiger partial charge < -0.3 is 10.1 Å². The van der Waals surface area contributed by atoms with Crippen molar-refractivity contribution in [2.24, 2.45) is 0 Å². The van der Waals surface area contributed by atoms with Crippen LogP contribution in [0.5, 0.6) is 0 Å². The molecular formula is C22H22N2O4S. The SMILES string of the molecule is O=C(NCCOCc1ccccc1)c1ccccc1NS(=O)(=O)c1ccccc1. The summed E-state index contributed by atoms with van der Waals surface area (Å²) in [5, 5.41) is 2.75. The molecule has 0 fully saturated rings. The van der Waals surface area contributed by atoms with Crippen LogP contribution in [0.3, 0.4) is 0 Å². The predicted molar refractivity (Wildman–Crippen MR) is 112 cm³/mol. The molecule has 0 heterocycles. The maximum Gasteiger partial charge on any atom is 0.261 e. The molecule has 3 aromatic carbocycles. The molecule has 0 bridgehead atoms. The highest BCUT2D eigenvalue weighted by Gasteiger charge is 2.18. The molecule has 2 N–H and O–H groups in total. The zero-order chi connectivity index (χ0) is 20.5. The quantitative estimate of drug-likeness (QED) is 0.529. The van der Waals surface area contributed by atoms with E-state index in [9.17, 15) is 13.2 Å². The molecule has 29 heavy (non-hydrogen) atoms. The predicted octanol–water partition coefficient (Wildman–Crippen LogP) is 3.43. The van der Waals surface area contributed by atoms with E-state index in [-0.39, 0.29) is 22.1 Å². The van der Waals surface area contributed by atoms with Gasteiger partial charge in [-0.1, -0.05) is 60.7 Å². The Morgan fingerprint density at radius 1 is 0.828 bits per heavy atom. The Labute approximate surface area is 170 Å². The highest BCUT2D eigenvalue weighted by atomic mass is 32.2. The van der Waals surface area contributed by atoms with E-state index in [2.05, 4.69) is 10.0 Å². The van der Waals surface area contributed by atoms with Crippen molar-refractivity contribution in [2.45, 2.75) is 11.5 Å². The van der Waals surface area contributed by atoms with E-state index in [1.165, 1.54) is 12.1 Å². The molecule has 0 aromatic heterocycles. The molecule has 0 atom stereocenters. The van der Waals surface area contributed by atoms with E-state index < -0.39 is 10.0 Å². The number of hydrogen-bond donors (Lipinski definition) is 2. The van der Waals surface area contributed by atoms with Gasteiger partial charge in [0.15, 0.2) is 0 Å². The van der Waals surface area contributed by atoms with Gasteiger partial charge in [-0.3, -0.25) is 9.52 Å². The van der Waals surface area contributed by atoms with Crippen molar-refractivity contribution >= 4 is 21.6 Å². The first kappa shape index (κ1) is 20.6. The molecule has 3 aromatic rings. The molecule has 0 unspecified atom stereocenters. The Hall–Kier alpha value is -3.16. The van der Waals surface area contributed by atoms with Crippen molar-refractivity contribution in [3.05, 3.63) is 96.1 Å². The second kappa shape index (κ2) is 9.86. The molecular weight excluding hydrogens is 388 g/mol. The Morgan fingerprint density at radius 3 is 2.17 bits per heavy atom. The number of sulfonamides is 1. The van der Waals surface area contributed by atoms with Crippen LogP contribution in [0.2, 0.25) is 0 Å². The van der Waals surface area contributed by atoms with E-state index in [4.69, 9.17) is 4.74 Å². The number of benzene rings is 3. The van der Waals surface area contributed by atoms with Crippen molar-refractivity contribution in [1.29, 1.82) is 0 Å². The summed E-state index contributed by atoms with van der Waals surface area (Å²) in [7, 11) is -3.78. The van der Waals surface area contributed by atoms with E-state index >= 15 is 0 Å². The van der Waals surface area contributed by atoms with E-state index in [1.54, 1.807) is 42.5 Å². The number of rotatable bonds is 9. The third-order valence-electron chi connectivity index (χ3n) is 4.11. The van der Waals surface area contributed by atoms with Crippen molar-refractivity contribution in [3.8, 4) is 0 Å². The molecule has 0 saturated heterocycles. The van der Waals surface area contributed by atoms with E-state index in [0.29, 0.717) is 19.8 Å². The van der Waals surface area contributed by atoms with Gasteiger partial charge in [0.25, 0.3) is 15.9 Å². The molecule has 0 radical (unpaired) electrons. The summed E-state index contributed by atoms with van der Waals surface area (Å²) in [6.45, 7) is 1.12. The van der Waals surface area contributed by atoms with Gasteiger partial charge in [0.2, 0.25) is 0 Å². The van der Waals surface area contributed by atoms with Crippen LogP contribution >= 0.6 is 0 Å². The van der Waals surface area contributed by atoms with Crippen molar-refractivity contribution < 1.29 is 17.9 Å². The van der Waals surface area contributed by atoms with Crippen LogP contribution in [0.4, 0.5) is 5.69 Å². The average molecular weight is 410 g/mol. The number of carbonyl (C=O) groups excluding carboxylic acids is 1. The summed E-state index contributed by atoms with van der Waals surface area (Å²) in [5.41, 5.74) is 1.52. The molecule has 0 aliphatic rings. The second-order valence-electron chi connectivity index (χ2n) is 6.26. The van der Waals surface area contributed by atoms with Gasteiger partial charge in [-0.25, -0.2) is 8.42 Å². The van der Waals surface area contributed by atoms with Crippen LogP contribution < -0.4 is 10.0 Å². The number of ether oxygens (including phenoxy) is 1. The topological polar surface area (TPSA) is 84.5 Å². The largest absolute Gasteiger partial charge is 0.375 e. The highest BCUT2D eigenvalue weighted by Crippen LogP contribution is 2.20. The van der Waals surface area contributed by atoms with Gasteiger partial charge in [-0.2, -0.15) is 0 Å². The molecule has 0 aliphatic heterocycles. The first-order valence-corrected chi connectivity index (χ1v) is 10.6. The maximum absolute atomic E-state index is 12.5. The van der Waals surface area contributed by atoms with Crippen LogP contribution in [-0.2, 0) is 21.4 Å². The van der Waals surface area contributed by atoms with Crippen molar-refractivity contribution in [1.82, 2.24) is 5.32 Å². The fourth-order valence-corrected chi connectivity index (χ4v) is 3.77. The lowest BCUT2D eigenvalue weighted by Gasteiger charge is -2.13. The standard InChI is InChI=1S/C22H22N2O4S/c25-22(23-15-16-28-17-18-9-3-1-4-10-18)20-13-7-8-14-21(20)24-29(26,27)19-11-5-2-6-12-19/h1-14,24H,15-17H2,(H,23,25). The minimum Gasteiger partial charge on any atom is -0.375 e. The van der Waals surface area contributed by atoms with Crippen molar-refractivity contribution in [2.75, 3.05) is 17.9 Å². The lowest BCUT2D eigenvalue weighted by Crippen LogP contribution is -2.28. The zero-order valence-electron chi connectivity index (χ0n) is 15.7. The lowest BCUT2D eigenvalue weighted by molar-refractivity contribution is 0.0901. The first-order valence-electron chi connectivity index (χ1n) is 9.13. The van der Waals surface area contributed by atoms with Gasteiger partial charge in [-0.15, -0.1) is 0 Å². The third kappa shape index (κ3) is 5.91. The zero-order valence-corrected chi connectivity index (χ0v) is 16.6. The summed E-state index contributed by atoms with van der Waals surface area (Å²) in [5.74, 6) is -0.375. The smallest absolute Gasteiger partial charge is 0.261 e. The molecule has 0 spiro atoms. The number of carbonyl (C=O) groups is 1. The number of anilines is 1. The maximum atomic E-state index is 12.5. The lowest BCUT2D eigenvalue weighted by atomic mass is 10.1. The Bertz CT molecular complexity index is 1040. The molecule has 0 aliphatic carbocycles. The van der Waals surface area contributed by atoms with Gasteiger partial charge in [0, 0.05) is 6.54 Å². The van der Waals surface area contributed by atoms with Crippen molar-refractivity contribution in [3.63, 3.8) is 0 Å². The Balaban J connectivity index is 1.57. The number of amides is 1. The number of para-hydroxylation sites is 1. The summed E-state index contributed by atoms with van der Waals surface area (Å²) >= 11 is 0. The molecule has 7 heteroatoms. The monoisotopic (exact) mass is 410 g/mol. The normalized spacial score (nSPS) is 11.0. The summed E-state index contributed by atoms with van der Waals surface area (Å²) in [4.78, 5) is 12.6. The third-order valence-corrected chi connectivity index (χ3v) is 5.49. The second-order valence-corrected chi connectivity index (χ2v) is 7.94. The minimum atomic E-state index is -3.78. The fourth-order valence-electron chi connectivity index (χ4n) is 2.67. The number of nitrogens with one attached hydrogen (secondary N) is 2. The van der Waals surface area contributed by atoms with Crippen LogP contribution in [0.15, 0.2) is 89.8 Å². The summed E-state index contributed by atoms with van der Waals surface area (Å²) in [6, 6.07) is 24.2. The van der Waals surface area contributed by atoms with Crippen LogP contribution in [-0.4, -0.2) is 27.5 Å². The van der Waals surface area contributed by atoms with Gasteiger partial charge in [0.1, 0.15) is 0 Å². The fraction of sp³-hybridized carbons (Fsp3) is 0.136. The molecule has 0 saturated carbocycles. The molecule has 1 amide bonds.